The lowest BCUT2D eigenvalue weighted by Crippen LogP contribution is -1.97. The van der Waals surface area contributed by atoms with Crippen molar-refractivity contribution in [1.82, 2.24) is 0 Å². The third kappa shape index (κ3) is 1.73. The molecule has 0 atom stereocenters. The number of rotatable bonds is 1. The quantitative estimate of drug-likeness (QED) is 0.649. The zero-order chi connectivity index (χ0) is 9.26. The van der Waals surface area contributed by atoms with Crippen LogP contribution in [0.3, 0.4) is 0 Å². The van der Waals surface area contributed by atoms with E-state index in [2.05, 4.69) is 0 Å². The van der Waals surface area contributed by atoms with E-state index in [9.17, 15) is 4.79 Å². The Balaban J connectivity index is 2.09. The summed E-state index contributed by atoms with van der Waals surface area (Å²) in [6.45, 7) is 1.32. The van der Waals surface area contributed by atoms with Crippen molar-refractivity contribution in [3.05, 3.63) is 24.3 Å². The van der Waals surface area contributed by atoms with E-state index in [1.54, 1.807) is 12.1 Å². The highest BCUT2D eigenvalue weighted by atomic mass is 31.2. The summed E-state index contributed by atoms with van der Waals surface area (Å²) in [5.74, 6) is 0.837. The van der Waals surface area contributed by atoms with Gasteiger partial charge in [0.05, 0.1) is 0 Å². The van der Waals surface area contributed by atoms with Crippen molar-refractivity contribution in [2.45, 2.75) is 6.92 Å². The number of carbonyl (C=O) groups is 1. The second kappa shape index (κ2) is 3.23. The van der Waals surface area contributed by atoms with Gasteiger partial charge in [0.2, 0.25) is 0 Å². The largest absolute Gasteiger partial charge is 0.532 e. The molecule has 0 aliphatic carbocycles. The van der Waals surface area contributed by atoms with Gasteiger partial charge in [-0.3, -0.25) is 4.79 Å². The third-order valence-electron chi connectivity index (χ3n) is 1.40. The molecule has 5 heteroatoms. The molecule has 0 unspecified atom stereocenters. The highest BCUT2D eigenvalue weighted by Crippen LogP contribution is 2.52. The molecule has 1 aromatic carbocycles. The molecule has 4 nitrogen and oxygen atoms in total. The van der Waals surface area contributed by atoms with E-state index in [1.165, 1.54) is 6.92 Å². The lowest BCUT2D eigenvalue weighted by Gasteiger charge is -2.03. The summed E-state index contributed by atoms with van der Waals surface area (Å²) in [7, 11) is -1.56. The van der Waals surface area contributed by atoms with Crippen LogP contribution in [-0.2, 0) is 9.32 Å². The fourth-order valence-electron chi connectivity index (χ4n) is 0.922. The summed E-state index contributed by atoms with van der Waals surface area (Å²) in [4.78, 5) is 10.6. The van der Waals surface area contributed by atoms with E-state index in [0.29, 0.717) is 11.5 Å². The first kappa shape index (κ1) is 8.32. The Hall–Kier alpha value is -1.28. The topological polar surface area (TPSA) is 44.8 Å². The van der Waals surface area contributed by atoms with Gasteiger partial charge in [-0.05, 0) is 12.1 Å². The van der Waals surface area contributed by atoms with Gasteiger partial charge in [0, 0.05) is 6.92 Å². The predicted molar refractivity (Wildman–Crippen MR) is 46.4 cm³/mol. The molecule has 13 heavy (non-hydrogen) atoms. The molecule has 0 amide bonds. The number of carbonyl (C=O) groups excluding carboxylic acids is 1. The zero-order valence-corrected chi connectivity index (χ0v) is 7.78. The van der Waals surface area contributed by atoms with Gasteiger partial charge in [-0.2, -0.15) is 0 Å². The first-order valence-electron chi connectivity index (χ1n) is 3.69. The molecular formula is C8H7O4P. The maximum Gasteiger partial charge on any atom is 0.532 e. The average Bonchev–Trinajstić information content (AvgIpc) is 2.44. The van der Waals surface area contributed by atoms with Gasteiger partial charge in [0.1, 0.15) is 0 Å². The Bertz CT molecular complexity index is 314. The highest BCUT2D eigenvalue weighted by Gasteiger charge is 2.29. The van der Waals surface area contributed by atoms with Gasteiger partial charge < -0.3 is 13.6 Å². The van der Waals surface area contributed by atoms with Crippen LogP contribution in [0.2, 0.25) is 0 Å². The van der Waals surface area contributed by atoms with Crippen LogP contribution >= 0.6 is 8.60 Å². The Morgan fingerprint density at radius 1 is 1.31 bits per heavy atom. The van der Waals surface area contributed by atoms with Crippen LogP contribution in [0, 0.1) is 0 Å². The van der Waals surface area contributed by atoms with Crippen molar-refractivity contribution in [2.75, 3.05) is 0 Å². The summed E-state index contributed by atoms with van der Waals surface area (Å²) in [5, 5.41) is 0. The van der Waals surface area contributed by atoms with Gasteiger partial charge >= 0.3 is 14.6 Å². The summed E-state index contributed by atoms with van der Waals surface area (Å²) in [6.07, 6.45) is 0. The van der Waals surface area contributed by atoms with Crippen molar-refractivity contribution in [1.29, 1.82) is 0 Å². The predicted octanol–water partition coefficient (Wildman–Crippen LogP) is 2.25. The first-order valence-corrected chi connectivity index (χ1v) is 4.79. The molecule has 0 bridgehead atoms. The number of hydrogen-bond acceptors (Lipinski definition) is 4. The summed E-state index contributed by atoms with van der Waals surface area (Å²) >= 11 is 0. The Kier molecular flexibility index (Phi) is 2.07. The van der Waals surface area contributed by atoms with E-state index in [0.717, 1.165) is 0 Å². The van der Waals surface area contributed by atoms with Crippen LogP contribution in [0.5, 0.6) is 11.5 Å². The van der Waals surface area contributed by atoms with Gasteiger partial charge in [-0.15, -0.1) is 0 Å². The minimum atomic E-state index is -1.56. The smallest absolute Gasteiger partial charge is 0.404 e. The molecule has 1 heterocycles. The van der Waals surface area contributed by atoms with Crippen molar-refractivity contribution < 1.29 is 18.4 Å². The first-order chi connectivity index (χ1) is 6.25. The Morgan fingerprint density at radius 2 is 1.85 bits per heavy atom. The fraction of sp³-hybridized carbons (Fsp3) is 0.125. The maximum absolute atomic E-state index is 10.6. The standard InChI is InChI=1S/C8H7O4P/c1-6(9)10-13-11-7-4-2-3-5-8(7)12-13/h2-5H,1H3. The molecule has 1 aliphatic heterocycles. The molecule has 2 rings (SSSR count). The van der Waals surface area contributed by atoms with Crippen molar-refractivity contribution in [2.24, 2.45) is 0 Å². The molecule has 0 radical (unpaired) electrons. The van der Waals surface area contributed by atoms with Crippen LogP contribution in [0.4, 0.5) is 0 Å². The minimum absolute atomic E-state index is 0.404. The van der Waals surface area contributed by atoms with E-state index in [1.807, 2.05) is 12.1 Å². The normalized spacial score (nSPS) is 14.2. The number of fused-ring (bicyclic) bond motifs is 1. The maximum atomic E-state index is 10.6. The number of para-hydroxylation sites is 2. The van der Waals surface area contributed by atoms with E-state index in [-0.39, 0.29) is 0 Å². The van der Waals surface area contributed by atoms with Crippen molar-refractivity contribution >= 4 is 14.6 Å². The van der Waals surface area contributed by atoms with Crippen molar-refractivity contribution in [3.8, 4) is 11.5 Å². The van der Waals surface area contributed by atoms with Crippen LogP contribution in [0.1, 0.15) is 6.92 Å². The van der Waals surface area contributed by atoms with Gasteiger partial charge in [0.15, 0.2) is 11.5 Å². The summed E-state index contributed by atoms with van der Waals surface area (Å²) in [6, 6.07) is 7.19. The zero-order valence-electron chi connectivity index (χ0n) is 6.89. The van der Waals surface area contributed by atoms with Gasteiger partial charge in [-0.25, -0.2) is 0 Å². The molecule has 0 spiro atoms. The average molecular weight is 198 g/mol. The van der Waals surface area contributed by atoms with Crippen LogP contribution in [0.15, 0.2) is 24.3 Å². The molecule has 0 saturated heterocycles. The minimum Gasteiger partial charge on any atom is -0.404 e. The highest BCUT2D eigenvalue weighted by molar-refractivity contribution is 7.43. The fourth-order valence-corrected chi connectivity index (χ4v) is 1.87. The third-order valence-corrected chi connectivity index (χ3v) is 2.50. The Labute approximate surface area is 76.4 Å². The van der Waals surface area contributed by atoms with Gasteiger partial charge in [0.25, 0.3) is 0 Å². The van der Waals surface area contributed by atoms with E-state index in [4.69, 9.17) is 13.6 Å². The van der Waals surface area contributed by atoms with E-state index >= 15 is 0 Å². The lowest BCUT2D eigenvalue weighted by molar-refractivity contribution is -0.132. The SMILES string of the molecule is CC(=O)OP1Oc2ccccc2O1. The number of benzene rings is 1. The monoisotopic (exact) mass is 198 g/mol. The summed E-state index contributed by atoms with van der Waals surface area (Å²) in [5.41, 5.74) is 0. The van der Waals surface area contributed by atoms with Gasteiger partial charge in [-0.1, -0.05) is 12.1 Å². The van der Waals surface area contributed by atoms with Crippen LogP contribution in [0.25, 0.3) is 0 Å². The molecule has 0 aromatic heterocycles. The molecular weight excluding hydrogens is 191 g/mol. The lowest BCUT2D eigenvalue weighted by atomic mass is 10.3. The van der Waals surface area contributed by atoms with Crippen molar-refractivity contribution in [3.63, 3.8) is 0 Å². The molecule has 0 N–H and O–H groups in total. The molecule has 1 aliphatic rings. The molecule has 0 saturated carbocycles. The number of hydrogen-bond donors (Lipinski definition) is 0. The molecule has 68 valence electrons. The molecule has 0 fully saturated rings. The molecule has 1 aromatic rings. The van der Waals surface area contributed by atoms with Crippen LogP contribution < -0.4 is 9.05 Å². The second-order valence-corrected chi connectivity index (χ2v) is 3.43. The van der Waals surface area contributed by atoms with Crippen LogP contribution in [-0.4, -0.2) is 5.97 Å². The van der Waals surface area contributed by atoms with E-state index < -0.39 is 14.6 Å². The second-order valence-electron chi connectivity index (χ2n) is 2.44. The summed E-state index contributed by atoms with van der Waals surface area (Å²) < 4.78 is 15.2. The Morgan fingerprint density at radius 3 is 2.31 bits per heavy atom.